The van der Waals surface area contributed by atoms with E-state index in [0.29, 0.717) is 0 Å². The van der Waals surface area contributed by atoms with E-state index in [1.165, 1.54) is 25.9 Å². The average molecular weight is 284 g/mol. The van der Waals surface area contributed by atoms with Gasteiger partial charge in [-0.3, -0.25) is 0 Å². The summed E-state index contributed by atoms with van der Waals surface area (Å²) in [6.45, 7) is 3.47. The topological polar surface area (TPSA) is 28.2 Å². The van der Waals surface area contributed by atoms with Crippen LogP contribution in [0, 0.1) is 5.92 Å². The maximum Gasteiger partial charge on any atom is 0.125 e. The summed E-state index contributed by atoms with van der Waals surface area (Å²) >= 11 is 3.38. The molecule has 0 aromatic carbocycles. The zero-order valence-corrected chi connectivity index (χ0v) is 11.2. The van der Waals surface area contributed by atoms with Crippen LogP contribution < -0.4 is 5.32 Å². The highest BCUT2D eigenvalue weighted by Crippen LogP contribution is 2.16. The van der Waals surface area contributed by atoms with E-state index in [1.54, 1.807) is 0 Å². The predicted octanol–water partition coefficient (Wildman–Crippen LogP) is 2.60. The highest BCUT2D eigenvalue weighted by Gasteiger charge is 2.16. The van der Waals surface area contributed by atoms with Crippen molar-refractivity contribution in [2.75, 3.05) is 32.0 Å². The highest BCUT2D eigenvalue weighted by atomic mass is 79.9. The van der Waals surface area contributed by atoms with Crippen molar-refractivity contribution in [1.29, 1.82) is 0 Å². The fourth-order valence-corrected chi connectivity index (χ4v) is 2.40. The largest absolute Gasteiger partial charge is 0.370 e. The summed E-state index contributed by atoms with van der Waals surface area (Å²) in [7, 11) is 2.20. The molecule has 1 aliphatic rings. The Morgan fingerprint density at radius 2 is 2.44 bits per heavy atom. The standard InChI is InChI=1S/C12H18BrN3/c1-16-6-2-3-10(9-16)7-14-12-5-4-11(13)8-15-12/h4-5,8,10H,2-3,6-7,9H2,1H3,(H,14,15). The fourth-order valence-electron chi connectivity index (χ4n) is 2.17. The predicted molar refractivity (Wildman–Crippen MR) is 70.6 cm³/mol. The van der Waals surface area contributed by atoms with E-state index in [4.69, 9.17) is 0 Å². The van der Waals surface area contributed by atoms with E-state index < -0.39 is 0 Å². The lowest BCUT2D eigenvalue weighted by Crippen LogP contribution is -2.35. The molecule has 0 spiro atoms. The Kier molecular flexibility index (Phi) is 4.18. The summed E-state index contributed by atoms with van der Waals surface area (Å²) in [5.74, 6) is 1.72. The molecule has 1 N–H and O–H groups in total. The molecule has 1 aliphatic heterocycles. The number of nitrogens with zero attached hydrogens (tertiary/aromatic N) is 2. The number of halogens is 1. The summed E-state index contributed by atoms with van der Waals surface area (Å²) in [5.41, 5.74) is 0. The highest BCUT2D eigenvalue weighted by molar-refractivity contribution is 9.10. The number of piperidine rings is 1. The van der Waals surface area contributed by atoms with E-state index in [0.717, 1.165) is 22.8 Å². The van der Waals surface area contributed by atoms with Crippen molar-refractivity contribution in [2.45, 2.75) is 12.8 Å². The second-order valence-electron chi connectivity index (χ2n) is 4.51. The SMILES string of the molecule is CN1CCCC(CNc2ccc(Br)cn2)C1. The van der Waals surface area contributed by atoms with Crippen LogP contribution in [0.25, 0.3) is 0 Å². The van der Waals surface area contributed by atoms with Crippen molar-refractivity contribution >= 4 is 21.7 Å². The Hall–Kier alpha value is -0.610. The maximum atomic E-state index is 4.31. The first kappa shape index (κ1) is 11.9. The summed E-state index contributed by atoms with van der Waals surface area (Å²) < 4.78 is 1.02. The molecule has 1 aromatic rings. The summed E-state index contributed by atoms with van der Waals surface area (Å²) in [6, 6.07) is 4.03. The molecule has 2 rings (SSSR count). The van der Waals surface area contributed by atoms with Crippen LogP contribution in [-0.4, -0.2) is 36.6 Å². The fraction of sp³-hybridized carbons (Fsp3) is 0.583. The molecule has 4 heteroatoms. The lowest BCUT2D eigenvalue weighted by Gasteiger charge is -2.29. The van der Waals surface area contributed by atoms with Crippen LogP contribution in [-0.2, 0) is 0 Å². The summed E-state index contributed by atoms with van der Waals surface area (Å²) in [5, 5.41) is 3.40. The van der Waals surface area contributed by atoms with Crippen molar-refractivity contribution in [3.63, 3.8) is 0 Å². The maximum absolute atomic E-state index is 4.31. The van der Waals surface area contributed by atoms with Gasteiger partial charge in [0.15, 0.2) is 0 Å². The van der Waals surface area contributed by atoms with Crippen LogP contribution in [0.1, 0.15) is 12.8 Å². The van der Waals surface area contributed by atoms with Crippen molar-refractivity contribution in [3.8, 4) is 0 Å². The van der Waals surface area contributed by atoms with Gasteiger partial charge in [-0.2, -0.15) is 0 Å². The van der Waals surface area contributed by atoms with Gasteiger partial charge in [0.2, 0.25) is 0 Å². The molecule has 88 valence electrons. The van der Waals surface area contributed by atoms with Crippen LogP contribution in [0.4, 0.5) is 5.82 Å². The van der Waals surface area contributed by atoms with Crippen molar-refractivity contribution < 1.29 is 0 Å². The van der Waals surface area contributed by atoms with Crippen LogP contribution >= 0.6 is 15.9 Å². The Labute approximate surface area is 105 Å². The van der Waals surface area contributed by atoms with Crippen molar-refractivity contribution in [2.24, 2.45) is 5.92 Å². The molecular formula is C12H18BrN3. The van der Waals surface area contributed by atoms with Gasteiger partial charge in [0, 0.05) is 23.8 Å². The number of likely N-dealkylation sites (tertiary alicyclic amines) is 1. The van der Waals surface area contributed by atoms with Gasteiger partial charge in [-0.25, -0.2) is 4.98 Å². The zero-order valence-electron chi connectivity index (χ0n) is 9.62. The van der Waals surface area contributed by atoms with Crippen LogP contribution in [0.2, 0.25) is 0 Å². The number of hydrogen-bond acceptors (Lipinski definition) is 3. The summed E-state index contributed by atoms with van der Waals surface area (Å²) in [6.07, 6.45) is 4.47. The second-order valence-corrected chi connectivity index (χ2v) is 5.43. The molecule has 0 saturated carbocycles. The zero-order chi connectivity index (χ0) is 11.4. The lowest BCUT2D eigenvalue weighted by molar-refractivity contribution is 0.217. The third-order valence-electron chi connectivity index (χ3n) is 3.02. The van der Waals surface area contributed by atoms with Crippen LogP contribution in [0.5, 0.6) is 0 Å². The van der Waals surface area contributed by atoms with Gasteiger partial charge in [0.1, 0.15) is 5.82 Å². The van der Waals surface area contributed by atoms with E-state index in [9.17, 15) is 0 Å². The molecule has 0 aliphatic carbocycles. The van der Waals surface area contributed by atoms with E-state index in [2.05, 4.69) is 38.2 Å². The molecule has 1 fully saturated rings. The molecule has 0 bridgehead atoms. The average Bonchev–Trinajstić information content (AvgIpc) is 2.28. The van der Waals surface area contributed by atoms with Gasteiger partial charge in [0.05, 0.1) is 0 Å². The van der Waals surface area contributed by atoms with Gasteiger partial charge in [0.25, 0.3) is 0 Å². The Morgan fingerprint density at radius 1 is 1.56 bits per heavy atom. The number of pyridine rings is 1. The van der Waals surface area contributed by atoms with Crippen molar-refractivity contribution in [1.82, 2.24) is 9.88 Å². The Bertz CT molecular complexity index is 326. The molecule has 16 heavy (non-hydrogen) atoms. The Morgan fingerprint density at radius 3 is 3.12 bits per heavy atom. The van der Waals surface area contributed by atoms with Crippen molar-refractivity contribution in [3.05, 3.63) is 22.8 Å². The number of anilines is 1. The first-order chi connectivity index (χ1) is 7.74. The van der Waals surface area contributed by atoms with Gasteiger partial charge < -0.3 is 10.2 Å². The third kappa shape index (κ3) is 3.46. The molecule has 1 aromatic heterocycles. The monoisotopic (exact) mass is 283 g/mol. The number of aromatic nitrogens is 1. The van der Waals surface area contributed by atoms with Crippen LogP contribution in [0.3, 0.4) is 0 Å². The minimum absolute atomic E-state index is 0.754. The molecule has 1 atom stereocenters. The van der Waals surface area contributed by atoms with Gasteiger partial charge in [-0.1, -0.05) is 0 Å². The Balaban J connectivity index is 1.80. The number of rotatable bonds is 3. The minimum atomic E-state index is 0.754. The van der Waals surface area contributed by atoms with E-state index >= 15 is 0 Å². The summed E-state index contributed by atoms with van der Waals surface area (Å²) in [4.78, 5) is 6.72. The molecule has 0 amide bonds. The lowest BCUT2D eigenvalue weighted by atomic mass is 9.98. The molecule has 1 unspecified atom stereocenters. The first-order valence-electron chi connectivity index (χ1n) is 5.78. The smallest absolute Gasteiger partial charge is 0.125 e. The molecular weight excluding hydrogens is 266 g/mol. The quantitative estimate of drug-likeness (QED) is 0.924. The van der Waals surface area contributed by atoms with E-state index in [-0.39, 0.29) is 0 Å². The normalized spacial score (nSPS) is 22.0. The molecule has 3 nitrogen and oxygen atoms in total. The minimum Gasteiger partial charge on any atom is -0.370 e. The molecule has 0 radical (unpaired) electrons. The van der Waals surface area contributed by atoms with Gasteiger partial charge in [-0.15, -0.1) is 0 Å². The van der Waals surface area contributed by atoms with Crippen LogP contribution in [0.15, 0.2) is 22.8 Å². The third-order valence-corrected chi connectivity index (χ3v) is 3.49. The van der Waals surface area contributed by atoms with Gasteiger partial charge >= 0.3 is 0 Å². The first-order valence-corrected chi connectivity index (χ1v) is 6.57. The number of nitrogens with one attached hydrogen (secondary N) is 1. The number of hydrogen-bond donors (Lipinski definition) is 1. The van der Waals surface area contributed by atoms with Gasteiger partial charge in [-0.05, 0) is 60.4 Å². The van der Waals surface area contributed by atoms with E-state index in [1.807, 2.05) is 18.3 Å². The molecule has 1 saturated heterocycles. The second kappa shape index (κ2) is 5.64. The molecule has 2 heterocycles.